The molecule has 0 unspecified atom stereocenters. The molecule has 2 aromatic heterocycles. The highest BCUT2D eigenvalue weighted by Crippen LogP contribution is 2.43. The minimum atomic E-state index is -1.03. The van der Waals surface area contributed by atoms with Gasteiger partial charge in [-0.1, -0.05) is 120 Å². The maximum atomic E-state index is 14.5. The number of hydrogen-bond donors (Lipinski definition) is 3. The molecule has 3 aliphatic rings. The van der Waals surface area contributed by atoms with Crippen molar-refractivity contribution in [2.24, 2.45) is 10.9 Å². The number of benzene rings is 4. The van der Waals surface area contributed by atoms with E-state index in [2.05, 4.69) is 57.3 Å². The molecular formula is C50H45N7O8S2. The number of carbonyl (C=O) groups is 4. The Labute approximate surface area is 394 Å². The molecule has 9 rings (SSSR count). The summed E-state index contributed by atoms with van der Waals surface area (Å²) in [5.74, 6) is -1.60. The van der Waals surface area contributed by atoms with Crippen LogP contribution in [-0.4, -0.2) is 74.8 Å². The number of esters is 1. The van der Waals surface area contributed by atoms with Crippen LogP contribution in [0.2, 0.25) is 0 Å². The van der Waals surface area contributed by atoms with Gasteiger partial charge in [0.15, 0.2) is 22.3 Å². The zero-order valence-electron chi connectivity index (χ0n) is 36.2. The fraction of sp³-hybridized carbons (Fsp3) is 0.220. The number of nitrogens with zero attached hydrogens (tertiary/aromatic N) is 4. The van der Waals surface area contributed by atoms with Crippen molar-refractivity contribution in [1.82, 2.24) is 20.4 Å². The normalized spacial score (nSPS) is 17.5. The molecule has 67 heavy (non-hydrogen) atoms. The van der Waals surface area contributed by atoms with Crippen LogP contribution in [0.25, 0.3) is 6.08 Å². The molecule has 0 radical (unpaired) electrons. The molecule has 2 atom stereocenters. The Morgan fingerprint density at radius 2 is 1.54 bits per heavy atom. The van der Waals surface area contributed by atoms with Crippen molar-refractivity contribution in [3.8, 4) is 5.75 Å². The molecule has 3 amide bonds. The number of oxime groups is 1. The highest BCUT2D eigenvalue weighted by molar-refractivity contribution is 8.00. The minimum absolute atomic E-state index is 0.00561. The standard InChI is InChI=1S/C50H45N7O8S2/c1-62-36-24-21-31(22-25-36)28-63-48(61)43-32(23-26-38-27-39(44(51)58)55-65-38)29-66-47-42(46(60)57(43)47)53-45(59)41(56-64-37-19-11-12-20-37)40-30-67-49(52-40)54-50(33-13-5-2-6-14-33,34-15-7-3-8-16-34)35-17-9-4-10-18-35/h2-10,13-18,21-27,30,37,42,47H,11-12,19-20,28-29H2,1H3,(H2,51,58)(H,52,54)(H,53,59)/b26-23-,56-41-/t42-,47-/m1/s1. The molecule has 15 nitrogen and oxygen atoms in total. The summed E-state index contributed by atoms with van der Waals surface area (Å²) >= 11 is 2.66. The molecule has 340 valence electrons. The number of hydrogen-bond acceptors (Lipinski definition) is 14. The summed E-state index contributed by atoms with van der Waals surface area (Å²) in [6.45, 7) is -0.0815. The van der Waals surface area contributed by atoms with Crippen LogP contribution < -0.4 is 21.1 Å². The van der Waals surface area contributed by atoms with Crippen molar-refractivity contribution in [3.63, 3.8) is 0 Å². The highest BCUT2D eigenvalue weighted by atomic mass is 32.2. The third-order valence-electron chi connectivity index (χ3n) is 11.7. The Kier molecular flexibility index (Phi) is 13.3. The monoisotopic (exact) mass is 935 g/mol. The number of methoxy groups -OCH3 is 1. The van der Waals surface area contributed by atoms with E-state index in [-0.39, 0.29) is 47.0 Å². The number of thioether (sulfide) groups is 1. The number of nitrogens with two attached hydrogens (primary N) is 1. The second-order valence-electron chi connectivity index (χ2n) is 15.9. The Bertz CT molecular complexity index is 2750. The second-order valence-corrected chi connectivity index (χ2v) is 17.9. The number of carbonyl (C=O) groups excluding carboxylic acids is 4. The number of rotatable bonds is 17. The van der Waals surface area contributed by atoms with Crippen molar-refractivity contribution >= 4 is 63.7 Å². The van der Waals surface area contributed by atoms with Gasteiger partial charge in [-0.25, -0.2) is 9.78 Å². The van der Waals surface area contributed by atoms with Gasteiger partial charge in [-0.05, 0) is 71.7 Å². The van der Waals surface area contributed by atoms with E-state index < -0.39 is 40.6 Å². The first kappa shape index (κ1) is 44.7. The predicted molar refractivity (Wildman–Crippen MR) is 254 cm³/mol. The molecule has 6 aromatic rings. The van der Waals surface area contributed by atoms with Crippen LogP contribution in [0.4, 0.5) is 5.13 Å². The van der Waals surface area contributed by atoms with E-state index in [0.29, 0.717) is 22.0 Å². The molecule has 4 heterocycles. The topological polar surface area (TPSA) is 201 Å². The largest absolute Gasteiger partial charge is 0.497 e. The van der Waals surface area contributed by atoms with E-state index in [1.54, 1.807) is 42.8 Å². The maximum Gasteiger partial charge on any atom is 0.355 e. The van der Waals surface area contributed by atoms with Crippen LogP contribution >= 0.6 is 23.1 Å². The highest BCUT2D eigenvalue weighted by Gasteiger charge is 2.54. The quantitative estimate of drug-likeness (QED) is 0.0269. The van der Waals surface area contributed by atoms with Gasteiger partial charge in [0.25, 0.3) is 17.7 Å². The number of nitrogens with one attached hydrogen (secondary N) is 2. The van der Waals surface area contributed by atoms with Gasteiger partial charge in [-0.3, -0.25) is 19.3 Å². The zero-order chi connectivity index (χ0) is 46.3. The summed E-state index contributed by atoms with van der Waals surface area (Å²) in [6, 6.07) is 37.7. The van der Waals surface area contributed by atoms with Crippen LogP contribution in [0, 0.1) is 0 Å². The first-order valence-corrected chi connectivity index (χ1v) is 23.5. The predicted octanol–water partition coefficient (Wildman–Crippen LogP) is 7.42. The number of anilines is 1. The molecule has 4 aromatic carbocycles. The smallest absolute Gasteiger partial charge is 0.355 e. The van der Waals surface area contributed by atoms with E-state index in [4.69, 9.17) is 29.6 Å². The molecule has 2 aliphatic heterocycles. The van der Waals surface area contributed by atoms with Crippen LogP contribution in [0.5, 0.6) is 5.75 Å². The lowest BCUT2D eigenvalue weighted by molar-refractivity contribution is -0.153. The van der Waals surface area contributed by atoms with Gasteiger partial charge in [0, 0.05) is 17.2 Å². The molecule has 1 saturated carbocycles. The fourth-order valence-electron chi connectivity index (χ4n) is 8.28. The molecular weight excluding hydrogens is 891 g/mol. The summed E-state index contributed by atoms with van der Waals surface area (Å²) in [4.78, 5) is 66.6. The lowest BCUT2D eigenvalue weighted by atomic mass is 9.77. The molecule has 1 aliphatic carbocycles. The molecule has 0 bridgehead atoms. The van der Waals surface area contributed by atoms with Gasteiger partial charge >= 0.3 is 5.97 Å². The molecule has 1 saturated heterocycles. The number of ether oxygens (including phenoxy) is 2. The Morgan fingerprint density at radius 3 is 2.13 bits per heavy atom. The zero-order valence-corrected chi connectivity index (χ0v) is 37.8. The number of allylic oxidation sites excluding steroid dienone is 1. The van der Waals surface area contributed by atoms with Crippen molar-refractivity contribution < 1.29 is 38.0 Å². The van der Waals surface area contributed by atoms with Crippen molar-refractivity contribution in [3.05, 3.63) is 183 Å². The van der Waals surface area contributed by atoms with Gasteiger partial charge in [-0.15, -0.1) is 23.1 Å². The van der Waals surface area contributed by atoms with Gasteiger partial charge in [0.05, 0.1) is 7.11 Å². The number of thiazole rings is 1. The maximum absolute atomic E-state index is 14.5. The average Bonchev–Trinajstić information content (AvgIpc) is 4.18. The van der Waals surface area contributed by atoms with E-state index in [1.165, 1.54) is 40.1 Å². The Hall–Kier alpha value is -7.50. The van der Waals surface area contributed by atoms with Crippen LogP contribution in [-0.2, 0) is 36.1 Å². The number of aromatic nitrogens is 2. The lowest BCUT2D eigenvalue weighted by Gasteiger charge is -2.49. The van der Waals surface area contributed by atoms with Gasteiger partial charge in [-0.2, -0.15) is 0 Å². The minimum Gasteiger partial charge on any atom is -0.497 e. The van der Waals surface area contributed by atoms with E-state index >= 15 is 0 Å². The van der Waals surface area contributed by atoms with Crippen molar-refractivity contribution in [2.45, 2.75) is 55.3 Å². The van der Waals surface area contributed by atoms with Crippen LogP contribution in [0.15, 0.2) is 154 Å². The summed E-state index contributed by atoms with van der Waals surface area (Å²) < 4.78 is 16.2. The lowest BCUT2D eigenvalue weighted by Crippen LogP contribution is -2.71. The number of amides is 3. The van der Waals surface area contributed by atoms with Gasteiger partial charge in [0.1, 0.15) is 46.8 Å². The van der Waals surface area contributed by atoms with Gasteiger partial charge in [0.2, 0.25) is 0 Å². The first-order valence-electron chi connectivity index (χ1n) is 21.6. The SMILES string of the molecule is COc1ccc(COC(=O)C2=C(/C=C\c3cc(C(N)=O)no3)CS[C@@H]3[C@H](NC(=O)/C(=N\OC4CCCC4)c4csc(NC(c5ccccc5)(c5ccccc5)c5ccccc5)n4)C(=O)N23)cc1. The van der Waals surface area contributed by atoms with Gasteiger partial charge < -0.3 is 35.2 Å². The molecule has 2 fully saturated rings. The summed E-state index contributed by atoms with van der Waals surface area (Å²) in [5.41, 5.74) is 8.66. The van der Waals surface area contributed by atoms with E-state index in [0.717, 1.165) is 42.4 Å². The van der Waals surface area contributed by atoms with E-state index in [9.17, 15) is 19.2 Å². The second kappa shape index (κ2) is 19.9. The molecule has 4 N–H and O–H groups in total. The molecule has 0 spiro atoms. The van der Waals surface area contributed by atoms with Crippen molar-refractivity contribution in [1.29, 1.82) is 0 Å². The Morgan fingerprint density at radius 1 is 0.896 bits per heavy atom. The number of β-lactam (4-membered cyclic amide) rings is 1. The third-order valence-corrected chi connectivity index (χ3v) is 13.8. The number of fused-ring (bicyclic) bond motifs is 1. The van der Waals surface area contributed by atoms with Crippen molar-refractivity contribution in [2.75, 3.05) is 18.2 Å². The fourth-order valence-corrected chi connectivity index (χ4v) is 10.4. The summed E-state index contributed by atoms with van der Waals surface area (Å²) in [5, 5.41) is 16.3. The Balaban J connectivity index is 0.995. The van der Waals surface area contributed by atoms with Crippen LogP contribution in [0.1, 0.15) is 69.9 Å². The summed E-state index contributed by atoms with van der Waals surface area (Å²) in [6.07, 6.45) is 6.52. The third kappa shape index (κ3) is 9.46. The summed E-state index contributed by atoms with van der Waals surface area (Å²) in [7, 11) is 1.56. The van der Waals surface area contributed by atoms with E-state index in [1.807, 2.05) is 54.6 Å². The number of primary amides is 1. The average molecular weight is 936 g/mol. The van der Waals surface area contributed by atoms with Crippen LogP contribution in [0.3, 0.4) is 0 Å². The first-order chi connectivity index (χ1) is 32.7. The molecule has 17 heteroatoms.